The molecule has 2 nitrogen and oxygen atoms in total. The van der Waals surface area contributed by atoms with Crippen molar-refractivity contribution in [1.82, 2.24) is 0 Å². The Morgan fingerprint density at radius 3 is 3.00 bits per heavy atom. The van der Waals surface area contributed by atoms with Crippen molar-refractivity contribution < 1.29 is 4.74 Å². The molecule has 2 aliphatic rings. The highest BCUT2D eigenvalue weighted by atomic mass is 79.9. The number of aryl methyl sites for hydroxylation is 1. The first kappa shape index (κ1) is 12.3. The lowest BCUT2D eigenvalue weighted by Crippen LogP contribution is -2.34. The predicted octanol–water partition coefficient (Wildman–Crippen LogP) is 4.70. The number of rotatable bonds is 0. The van der Waals surface area contributed by atoms with E-state index in [1.54, 1.807) is 0 Å². The zero-order valence-corrected chi connectivity index (χ0v) is 12.7. The summed E-state index contributed by atoms with van der Waals surface area (Å²) < 4.78 is 7.40. The molecule has 1 aliphatic carbocycles. The Kier molecular flexibility index (Phi) is 2.95. The molecule has 102 valence electrons. The molecule has 0 amide bonds. The van der Waals surface area contributed by atoms with Gasteiger partial charge >= 0.3 is 0 Å². The van der Waals surface area contributed by atoms with Gasteiger partial charge in [-0.2, -0.15) is 0 Å². The predicted molar refractivity (Wildman–Crippen MR) is 84.3 cm³/mol. The normalized spacial score (nSPS) is 23.4. The van der Waals surface area contributed by atoms with Gasteiger partial charge in [0.1, 0.15) is 11.9 Å². The summed E-state index contributed by atoms with van der Waals surface area (Å²) in [6.07, 6.45) is 3.62. The number of fused-ring (bicyclic) bond motifs is 4. The van der Waals surface area contributed by atoms with Gasteiger partial charge in [-0.05, 0) is 48.6 Å². The Morgan fingerprint density at radius 2 is 2.05 bits per heavy atom. The van der Waals surface area contributed by atoms with E-state index in [1.807, 2.05) is 12.1 Å². The van der Waals surface area contributed by atoms with Crippen molar-refractivity contribution in [1.29, 1.82) is 0 Å². The smallest absolute Gasteiger partial charge is 0.144 e. The molecule has 2 atom stereocenters. The topological polar surface area (TPSA) is 21.3 Å². The molecule has 3 heteroatoms. The number of anilines is 1. The Balaban J connectivity index is 1.78. The molecule has 1 N–H and O–H groups in total. The quantitative estimate of drug-likeness (QED) is 0.756. The fourth-order valence-corrected chi connectivity index (χ4v) is 3.63. The van der Waals surface area contributed by atoms with Crippen LogP contribution in [0.25, 0.3) is 0 Å². The third-order valence-electron chi connectivity index (χ3n) is 4.22. The van der Waals surface area contributed by atoms with E-state index in [2.05, 4.69) is 51.6 Å². The maximum absolute atomic E-state index is 6.31. The minimum atomic E-state index is 0.127. The summed E-state index contributed by atoms with van der Waals surface area (Å²) in [4.78, 5) is 0. The van der Waals surface area contributed by atoms with Gasteiger partial charge in [0.15, 0.2) is 0 Å². The van der Waals surface area contributed by atoms with Crippen LogP contribution in [0.4, 0.5) is 5.69 Å². The maximum Gasteiger partial charge on any atom is 0.144 e. The van der Waals surface area contributed by atoms with Crippen LogP contribution in [0.2, 0.25) is 0 Å². The molecule has 0 aromatic heterocycles. The van der Waals surface area contributed by atoms with E-state index in [1.165, 1.54) is 17.5 Å². The van der Waals surface area contributed by atoms with Gasteiger partial charge in [-0.25, -0.2) is 0 Å². The minimum Gasteiger partial charge on any atom is -0.481 e. The molecule has 0 radical (unpaired) electrons. The lowest BCUT2D eigenvalue weighted by molar-refractivity contribution is 0.168. The largest absolute Gasteiger partial charge is 0.481 e. The molecule has 0 saturated heterocycles. The van der Waals surface area contributed by atoms with Crippen LogP contribution in [0.5, 0.6) is 5.75 Å². The molecule has 2 aromatic rings. The second-order valence-corrected chi connectivity index (χ2v) is 6.44. The highest BCUT2D eigenvalue weighted by Gasteiger charge is 2.33. The molecule has 20 heavy (non-hydrogen) atoms. The third-order valence-corrected chi connectivity index (χ3v) is 4.72. The average molecular weight is 330 g/mol. The Labute approximate surface area is 127 Å². The van der Waals surface area contributed by atoms with Crippen LogP contribution < -0.4 is 10.1 Å². The van der Waals surface area contributed by atoms with E-state index in [4.69, 9.17) is 4.74 Å². The molecule has 4 rings (SSSR count). The molecular formula is C17H16BrNO. The number of halogens is 1. The summed E-state index contributed by atoms with van der Waals surface area (Å²) in [5, 5.41) is 3.67. The first-order chi connectivity index (χ1) is 9.81. The van der Waals surface area contributed by atoms with Crippen molar-refractivity contribution in [3.63, 3.8) is 0 Å². The second kappa shape index (κ2) is 4.81. The van der Waals surface area contributed by atoms with Gasteiger partial charge < -0.3 is 10.1 Å². The monoisotopic (exact) mass is 329 g/mol. The van der Waals surface area contributed by atoms with E-state index >= 15 is 0 Å². The van der Waals surface area contributed by atoms with Gasteiger partial charge in [0, 0.05) is 4.47 Å². The van der Waals surface area contributed by atoms with E-state index < -0.39 is 0 Å². The summed E-state index contributed by atoms with van der Waals surface area (Å²) in [7, 11) is 0. The van der Waals surface area contributed by atoms with Crippen LogP contribution in [0.3, 0.4) is 0 Å². The second-order valence-electron chi connectivity index (χ2n) is 5.52. The van der Waals surface area contributed by atoms with Gasteiger partial charge in [-0.1, -0.05) is 40.2 Å². The first-order valence-corrected chi connectivity index (χ1v) is 7.91. The maximum atomic E-state index is 6.31. The van der Waals surface area contributed by atoms with Crippen LogP contribution in [0.15, 0.2) is 46.9 Å². The van der Waals surface area contributed by atoms with Crippen molar-refractivity contribution in [3.8, 4) is 5.75 Å². The lowest BCUT2D eigenvalue weighted by atomic mass is 9.97. The summed E-state index contributed by atoms with van der Waals surface area (Å²) >= 11 is 3.52. The molecule has 0 bridgehead atoms. The van der Waals surface area contributed by atoms with E-state index in [0.29, 0.717) is 6.04 Å². The average Bonchev–Trinajstić information content (AvgIpc) is 2.64. The van der Waals surface area contributed by atoms with Crippen LogP contribution in [0.1, 0.15) is 30.1 Å². The molecule has 1 heterocycles. The number of hydrogen-bond donors (Lipinski definition) is 1. The molecule has 0 fully saturated rings. The molecule has 0 saturated carbocycles. The third kappa shape index (κ3) is 2.01. The fraction of sp³-hybridized carbons (Fsp3) is 0.294. The van der Waals surface area contributed by atoms with Gasteiger partial charge in [-0.15, -0.1) is 0 Å². The van der Waals surface area contributed by atoms with Crippen LogP contribution >= 0.6 is 15.9 Å². The zero-order chi connectivity index (χ0) is 13.5. The molecule has 2 unspecified atom stereocenters. The van der Waals surface area contributed by atoms with E-state index in [0.717, 1.165) is 28.8 Å². The van der Waals surface area contributed by atoms with Gasteiger partial charge in [0.25, 0.3) is 0 Å². The summed E-state index contributed by atoms with van der Waals surface area (Å²) in [5.41, 5.74) is 3.87. The van der Waals surface area contributed by atoms with Crippen molar-refractivity contribution in [2.75, 3.05) is 5.32 Å². The Bertz CT molecular complexity index is 655. The first-order valence-electron chi connectivity index (χ1n) is 7.12. The van der Waals surface area contributed by atoms with Crippen LogP contribution in [-0.2, 0) is 6.42 Å². The fourth-order valence-electron chi connectivity index (χ4n) is 3.27. The SMILES string of the molecule is Brc1ccc2c(c1)NC1CCCc3ccccc3C1O2. The summed E-state index contributed by atoms with van der Waals surface area (Å²) in [5.74, 6) is 0.950. The highest BCUT2D eigenvalue weighted by molar-refractivity contribution is 9.10. The minimum absolute atomic E-state index is 0.127. The molecule has 0 spiro atoms. The van der Waals surface area contributed by atoms with Crippen LogP contribution in [-0.4, -0.2) is 6.04 Å². The number of nitrogens with one attached hydrogen (secondary N) is 1. The summed E-state index contributed by atoms with van der Waals surface area (Å²) in [6.45, 7) is 0. The Morgan fingerprint density at radius 1 is 1.15 bits per heavy atom. The lowest BCUT2D eigenvalue weighted by Gasteiger charge is -2.35. The summed E-state index contributed by atoms with van der Waals surface area (Å²) in [6, 6.07) is 15.2. The van der Waals surface area contributed by atoms with Crippen LogP contribution in [0, 0.1) is 0 Å². The van der Waals surface area contributed by atoms with E-state index in [9.17, 15) is 0 Å². The Hall–Kier alpha value is -1.48. The number of benzene rings is 2. The molecular weight excluding hydrogens is 314 g/mol. The zero-order valence-electron chi connectivity index (χ0n) is 11.1. The standard InChI is InChI=1S/C17H16BrNO/c18-12-8-9-16-15(10-12)19-14-7-3-5-11-4-1-2-6-13(11)17(14)20-16/h1-2,4,6,8-10,14,17,19H,3,5,7H2. The highest BCUT2D eigenvalue weighted by Crippen LogP contribution is 2.42. The van der Waals surface area contributed by atoms with Gasteiger partial charge in [0.2, 0.25) is 0 Å². The molecule has 2 aromatic carbocycles. The van der Waals surface area contributed by atoms with E-state index in [-0.39, 0.29) is 6.10 Å². The van der Waals surface area contributed by atoms with Gasteiger partial charge in [0.05, 0.1) is 11.7 Å². The van der Waals surface area contributed by atoms with Gasteiger partial charge in [-0.3, -0.25) is 0 Å². The molecule has 1 aliphatic heterocycles. The van der Waals surface area contributed by atoms with Crippen molar-refractivity contribution in [2.45, 2.75) is 31.4 Å². The van der Waals surface area contributed by atoms with Crippen molar-refractivity contribution in [3.05, 3.63) is 58.1 Å². The van der Waals surface area contributed by atoms with Crippen molar-refractivity contribution in [2.24, 2.45) is 0 Å². The van der Waals surface area contributed by atoms with Crippen molar-refractivity contribution >= 4 is 21.6 Å². The number of ether oxygens (including phenoxy) is 1. The number of hydrogen-bond acceptors (Lipinski definition) is 2.